The maximum absolute atomic E-state index is 12.9. The van der Waals surface area contributed by atoms with Crippen molar-refractivity contribution in [2.45, 2.75) is 17.9 Å². The van der Waals surface area contributed by atoms with E-state index in [-0.39, 0.29) is 4.90 Å². The minimum Gasteiger partial charge on any atom is -0.486 e. The summed E-state index contributed by atoms with van der Waals surface area (Å²) in [4.78, 5) is 4.56. The van der Waals surface area contributed by atoms with Crippen molar-refractivity contribution >= 4 is 26.7 Å². The van der Waals surface area contributed by atoms with Crippen molar-refractivity contribution < 1.29 is 17.9 Å². The van der Waals surface area contributed by atoms with Crippen LogP contribution in [0, 0.1) is 0 Å². The fraction of sp³-hybridized carbons (Fsp3) is 0.174. The molecular formula is C23H21N3O4S. The topological polar surface area (TPSA) is 82.5 Å². The highest BCUT2D eigenvalue weighted by Crippen LogP contribution is 2.33. The fourth-order valence-electron chi connectivity index (χ4n) is 3.60. The summed E-state index contributed by atoms with van der Waals surface area (Å²) in [6, 6.07) is 20.2. The summed E-state index contributed by atoms with van der Waals surface area (Å²) in [5, 5.41) is 0. The van der Waals surface area contributed by atoms with E-state index in [2.05, 4.69) is 26.4 Å². The number of hydrogen-bond acceptors (Lipinski definition) is 5. The van der Waals surface area contributed by atoms with E-state index in [9.17, 15) is 8.42 Å². The Morgan fingerprint density at radius 3 is 2.58 bits per heavy atom. The van der Waals surface area contributed by atoms with Gasteiger partial charge in [-0.15, -0.1) is 0 Å². The van der Waals surface area contributed by atoms with Gasteiger partial charge in [0.15, 0.2) is 11.5 Å². The number of rotatable bonds is 6. The van der Waals surface area contributed by atoms with Crippen LogP contribution in [0.4, 0.5) is 5.69 Å². The van der Waals surface area contributed by atoms with Crippen LogP contribution in [-0.4, -0.2) is 31.2 Å². The van der Waals surface area contributed by atoms with Gasteiger partial charge in [-0.2, -0.15) is 0 Å². The van der Waals surface area contributed by atoms with Crippen LogP contribution in [0.3, 0.4) is 0 Å². The van der Waals surface area contributed by atoms with Crippen LogP contribution >= 0.6 is 0 Å². The maximum Gasteiger partial charge on any atom is 0.262 e. The lowest BCUT2D eigenvalue weighted by Gasteiger charge is -2.19. The minimum atomic E-state index is -3.78. The van der Waals surface area contributed by atoms with Crippen LogP contribution in [0.1, 0.15) is 5.56 Å². The van der Waals surface area contributed by atoms with Gasteiger partial charge in [0.25, 0.3) is 10.0 Å². The van der Waals surface area contributed by atoms with Crippen LogP contribution in [0.2, 0.25) is 0 Å². The van der Waals surface area contributed by atoms with Crippen molar-refractivity contribution in [1.82, 2.24) is 9.55 Å². The molecule has 0 spiro atoms. The molecule has 1 aliphatic rings. The van der Waals surface area contributed by atoms with Crippen molar-refractivity contribution in [3.8, 4) is 11.5 Å². The highest BCUT2D eigenvalue weighted by molar-refractivity contribution is 7.92. The number of sulfonamides is 1. The molecule has 5 rings (SSSR count). The van der Waals surface area contributed by atoms with Gasteiger partial charge in [-0.25, -0.2) is 13.4 Å². The third kappa shape index (κ3) is 4.06. The standard InChI is InChI=1S/C23H21N3O4S/c27-31(28,19-7-9-22-23(15-19)30-13-12-29-22)25-18-6-8-21-20(14-18)24-16-26(21)11-10-17-4-2-1-3-5-17/h1-9,14-16,25H,10-13H2. The smallest absolute Gasteiger partial charge is 0.262 e. The largest absolute Gasteiger partial charge is 0.486 e. The first-order valence-corrected chi connectivity index (χ1v) is 11.5. The Bertz CT molecular complexity index is 1330. The number of fused-ring (bicyclic) bond motifs is 2. The molecule has 0 unspecified atom stereocenters. The summed E-state index contributed by atoms with van der Waals surface area (Å²) < 4.78 is 41.4. The summed E-state index contributed by atoms with van der Waals surface area (Å²) in [5.41, 5.74) is 3.40. The van der Waals surface area contributed by atoms with Crippen LogP contribution in [0.25, 0.3) is 11.0 Å². The molecule has 0 atom stereocenters. The molecule has 8 heteroatoms. The molecular weight excluding hydrogens is 414 g/mol. The summed E-state index contributed by atoms with van der Waals surface area (Å²) in [7, 11) is -3.78. The summed E-state index contributed by atoms with van der Waals surface area (Å²) >= 11 is 0. The lowest BCUT2D eigenvalue weighted by Crippen LogP contribution is -2.17. The first kappa shape index (κ1) is 19.4. The second-order valence-corrected chi connectivity index (χ2v) is 8.97. The second-order valence-electron chi connectivity index (χ2n) is 7.29. The zero-order valence-corrected chi connectivity index (χ0v) is 17.5. The van der Waals surface area contributed by atoms with Gasteiger partial charge in [0, 0.05) is 12.6 Å². The van der Waals surface area contributed by atoms with Crippen molar-refractivity contribution in [3.05, 3.63) is 78.6 Å². The predicted octanol–water partition coefficient (Wildman–Crippen LogP) is 3.85. The van der Waals surface area contributed by atoms with Gasteiger partial charge in [-0.1, -0.05) is 30.3 Å². The molecule has 2 heterocycles. The minimum absolute atomic E-state index is 0.116. The first-order valence-electron chi connectivity index (χ1n) is 10.00. The van der Waals surface area contributed by atoms with Crippen LogP contribution in [0.15, 0.2) is 78.0 Å². The Morgan fingerprint density at radius 1 is 0.935 bits per heavy atom. The Labute approximate surface area is 180 Å². The van der Waals surface area contributed by atoms with E-state index < -0.39 is 10.0 Å². The second kappa shape index (κ2) is 7.96. The van der Waals surface area contributed by atoms with Crippen molar-refractivity contribution in [2.75, 3.05) is 17.9 Å². The third-order valence-corrected chi connectivity index (χ3v) is 6.56. The van der Waals surface area contributed by atoms with Gasteiger partial charge in [-0.3, -0.25) is 4.72 Å². The van der Waals surface area contributed by atoms with E-state index in [0.717, 1.165) is 24.0 Å². The average Bonchev–Trinajstić information content (AvgIpc) is 3.20. The molecule has 0 bridgehead atoms. The van der Waals surface area contributed by atoms with Gasteiger partial charge in [-0.05, 0) is 42.3 Å². The molecule has 31 heavy (non-hydrogen) atoms. The molecule has 158 valence electrons. The molecule has 0 fully saturated rings. The van der Waals surface area contributed by atoms with E-state index in [1.165, 1.54) is 17.7 Å². The van der Waals surface area contributed by atoms with E-state index in [1.807, 2.05) is 24.3 Å². The lowest BCUT2D eigenvalue weighted by atomic mass is 10.1. The van der Waals surface area contributed by atoms with Gasteiger partial charge in [0.2, 0.25) is 0 Å². The monoisotopic (exact) mass is 435 g/mol. The number of ether oxygens (including phenoxy) is 2. The van der Waals surface area contributed by atoms with Gasteiger partial charge in [0.05, 0.1) is 27.9 Å². The Balaban J connectivity index is 1.35. The molecule has 0 saturated carbocycles. The highest BCUT2D eigenvalue weighted by Gasteiger charge is 2.20. The number of nitrogens with one attached hydrogen (secondary N) is 1. The number of benzene rings is 3. The van der Waals surface area contributed by atoms with Crippen LogP contribution in [0.5, 0.6) is 11.5 Å². The van der Waals surface area contributed by atoms with Crippen molar-refractivity contribution in [1.29, 1.82) is 0 Å². The lowest BCUT2D eigenvalue weighted by molar-refractivity contribution is 0.171. The Hall–Kier alpha value is -3.52. The highest BCUT2D eigenvalue weighted by atomic mass is 32.2. The average molecular weight is 436 g/mol. The van der Waals surface area contributed by atoms with Gasteiger partial charge < -0.3 is 14.0 Å². The molecule has 1 N–H and O–H groups in total. The van der Waals surface area contributed by atoms with Crippen LogP contribution < -0.4 is 14.2 Å². The van der Waals surface area contributed by atoms with Crippen molar-refractivity contribution in [3.63, 3.8) is 0 Å². The quantitative estimate of drug-likeness (QED) is 0.497. The summed E-state index contributed by atoms with van der Waals surface area (Å²) in [6.07, 6.45) is 2.68. The number of aryl methyl sites for hydroxylation is 2. The fourth-order valence-corrected chi connectivity index (χ4v) is 4.67. The Morgan fingerprint density at radius 2 is 1.74 bits per heavy atom. The number of nitrogens with zero attached hydrogens (tertiary/aromatic N) is 2. The van der Waals surface area contributed by atoms with E-state index >= 15 is 0 Å². The molecule has 1 aromatic heterocycles. The molecule has 4 aromatic rings. The third-order valence-electron chi connectivity index (χ3n) is 5.18. The predicted molar refractivity (Wildman–Crippen MR) is 118 cm³/mol. The molecule has 1 aliphatic heterocycles. The zero-order valence-electron chi connectivity index (χ0n) is 16.7. The van der Waals surface area contributed by atoms with Gasteiger partial charge >= 0.3 is 0 Å². The number of imidazole rings is 1. The van der Waals surface area contributed by atoms with Crippen LogP contribution in [-0.2, 0) is 23.0 Å². The number of hydrogen-bond donors (Lipinski definition) is 1. The maximum atomic E-state index is 12.9. The Kier molecular flexibility index (Phi) is 4.99. The molecule has 0 radical (unpaired) electrons. The molecule has 0 aliphatic carbocycles. The van der Waals surface area contributed by atoms with Crippen molar-refractivity contribution in [2.24, 2.45) is 0 Å². The molecule has 3 aromatic carbocycles. The van der Waals surface area contributed by atoms with Gasteiger partial charge in [0.1, 0.15) is 13.2 Å². The SMILES string of the molecule is O=S(=O)(Nc1ccc2c(c1)ncn2CCc1ccccc1)c1ccc2c(c1)OCCO2. The molecule has 0 amide bonds. The number of aromatic nitrogens is 2. The van der Waals surface area contributed by atoms with E-state index in [4.69, 9.17) is 9.47 Å². The summed E-state index contributed by atoms with van der Waals surface area (Å²) in [5.74, 6) is 0.981. The van der Waals surface area contributed by atoms with E-state index in [1.54, 1.807) is 24.5 Å². The zero-order chi connectivity index (χ0) is 21.3. The van der Waals surface area contributed by atoms with E-state index in [0.29, 0.717) is 30.4 Å². The summed E-state index contributed by atoms with van der Waals surface area (Å²) in [6.45, 7) is 1.64. The molecule has 0 saturated heterocycles. The molecule has 7 nitrogen and oxygen atoms in total. The number of anilines is 1. The normalized spacial score (nSPS) is 13.3. The first-order chi connectivity index (χ1) is 15.1.